The average molecular weight is 199 g/mol. The molecule has 1 rings (SSSR count). The van der Waals surface area contributed by atoms with E-state index in [0.717, 1.165) is 19.5 Å². The molecule has 0 aliphatic carbocycles. The van der Waals surface area contributed by atoms with Crippen molar-refractivity contribution in [3.63, 3.8) is 0 Å². The van der Waals surface area contributed by atoms with Gasteiger partial charge < -0.3 is 11.5 Å². The summed E-state index contributed by atoms with van der Waals surface area (Å²) in [6.45, 7) is 6.89. The lowest BCUT2D eigenvalue weighted by Crippen LogP contribution is -2.56. The number of rotatable bonds is 5. The molecule has 4 heteroatoms. The number of likely N-dealkylation sites (tertiary alicyclic amines) is 1. The molecule has 1 amide bonds. The third-order valence-electron chi connectivity index (χ3n) is 3.17. The summed E-state index contributed by atoms with van der Waals surface area (Å²) in [6.07, 6.45) is 0.907. The van der Waals surface area contributed by atoms with Gasteiger partial charge in [0.15, 0.2) is 0 Å². The fraction of sp³-hybridized carbons (Fsp3) is 0.900. The van der Waals surface area contributed by atoms with Gasteiger partial charge in [-0.05, 0) is 24.8 Å². The van der Waals surface area contributed by atoms with Crippen molar-refractivity contribution in [2.45, 2.75) is 26.3 Å². The summed E-state index contributed by atoms with van der Waals surface area (Å²) < 4.78 is 0. The van der Waals surface area contributed by atoms with Crippen LogP contribution in [0.3, 0.4) is 0 Å². The Bertz CT molecular complexity index is 206. The molecule has 1 fully saturated rings. The summed E-state index contributed by atoms with van der Waals surface area (Å²) in [5.41, 5.74) is 10.9. The zero-order chi connectivity index (χ0) is 10.7. The molecule has 1 saturated heterocycles. The van der Waals surface area contributed by atoms with Crippen molar-refractivity contribution in [2.75, 3.05) is 19.6 Å². The number of hydrogen-bond donors (Lipinski definition) is 2. The van der Waals surface area contributed by atoms with Gasteiger partial charge in [0.1, 0.15) is 0 Å². The third kappa shape index (κ3) is 2.45. The van der Waals surface area contributed by atoms with Crippen LogP contribution in [0.15, 0.2) is 0 Å². The van der Waals surface area contributed by atoms with Crippen molar-refractivity contribution < 1.29 is 4.79 Å². The number of amides is 1. The Balaban J connectivity index is 2.40. The van der Waals surface area contributed by atoms with E-state index < -0.39 is 0 Å². The van der Waals surface area contributed by atoms with Crippen molar-refractivity contribution in [1.82, 2.24) is 4.90 Å². The van der Waals surface area contributed by atoms with Gasteiger partial charge in [-0.15, -0.1) is 0 Å². The molecule has 0 aromatic rings. The standard InChI is InChI=1S/C10H21N3O/c1-7(2)8(5-11)6-13-4-3-9(13)10(12)14/h7-9H,3-6,11H2,1-2H3,(H2,12,14). The molecule has 4 N–H and O–H groups in total. The van der Waals surface area contributed by atoms with E-state index >= 15 is 0 Å². The molecule has 1 aliphatic heterocycles. The quantitative estimate of drug-likeness (QED) is 0.643. The zero-order valence-electron chi connectivity index (χ0n) is 9.07. The van der Waals surface area contributed by atoms with E-state index in [4.69, 9.17) is 11.5 Å². The monoisotopic (exact) mass is 199 g/mol. The molecule has 1 heterocycles. The number of hydrogen-bond acceptors (Lipinski definition) is 3. The van der Waals surface area contributed by atoms with Gasteiger partial charge in [0.25, 0.3) is 0 Å². The highest BCUT2D eigenvalue weighted by atomic mass is 16.1. The van der Waals surface area contributed by atoms with E-state index in [1.807, 2.05) is 0 Å². The molecular weight excluding hydrogens is 178 g/mol. The van der Waals surface area contributed by atoms with Crippen LogP contribution >= 0.6 is 0 Å². The lowest BCUT2D eigenvalue weighted by atomic mass is 9.92. The predicted octanol–water partition coefficient (Wildman–Crippen LogP) is -0.223. The molecule has 82 valence electrons. The maximum absolute atomic E-state index is 11.0. The summed E-state index contributed by atoms with van der Waals surface area (Å²) in [7, 11) is 0. The summed E-state index contributed by atoms with van der Waals surface area (Å²) in [4.78, 5) is 13.1. The Morgan fingerprint density at radius 1 is 1.57 bits per heavy atom. The van der Waals surface area contributed by atoms with Crippen molar-refractivity contribution in [3.05, 3.63) is 0 Å². The minimum atomic E-state index is -0.198. The predicted molar refractivity (Wildman–Crippen MR) is 56.6 cm³/mol. The maximum Gasteiger partial charge on any atom is 0.234 e. The molecule has 14 heavy (non-hydrogen) atoms. The van der Waals surface area contributed by atoms with Crippen LogP contribution in [0.25, 0.3) is 0 Å². The number of carbonyl (C=O) groups excluding carboxylic acids is 1. The topological polar surface area (TPSA) is 72.3 Å². The molecule has 0 radical (unpaired) electrons. The number of nitrogens with zero attached hydrogens (tertiary/aromatic N) is 1. The molecule has 0 bridgehead atoms. The summed E-state index contributed by atoms with van der Waals surface area (Å²) in [5, 5.41) is 0. The molecule has 0 aromatic carbocycles. The summed E-state index contributed by atoms with van der Waals surface area (Å²) >= 11 is 0. The van der Waals surface area contributed by atoms with Gasteiger partial charge >= 0.3 is 0 Å². The van der Waals surface area contributed by atoms with Crippen LogP contribution in [0.1, 0.15) is 20.3 Å². The molecular formula is C10H21N3O. The van der Waals surface area contributed by atoms with Crippen LogP contribution in [-0.2, 0) is 4.79 Å². The minimum Gasteiger partial charge on any atom is -0.368 e. The highest BCUT2D eigenvalue weighted by molar-refractivity contribution is 5.80. The van der Waals surface area contributed by atoms with Gasteiger partial charge in [-0.2, -0.15) is 0 Å². The number of primary amides is 1. The fourth-order valence-corrected chi connectivity index (χ4v) is 1.84. The van der Waals surface area contributed by atoms with E-state index in [9.17, 15) is 4.79 Å². The van der Waals surface area contributed by atoms with Gasteiger partial charge in [-0.25, -0.2) is 0 Å². The normalized spacial score (nSPS) is 24.7. The highest BCUT2D eigenvalue weighted by Gasteiger charge is 2.33. The Morgan fingerprint density at radius 2 is 2.21 bits per heavy atom. The maximum atomic E-state index is 11.0. The summed E-state index contributed by atoms with van der Waals surface area (Å²) in [5.74, 6) is 0.835. The smallest absolute Gasteiger partial charge is 0.234 e. The van der Waals surface area contributed by atoms with Gasteiger partial charge in [0.2, 0.25) is 5.91 Å². The lowest BCUT2D eigenvalue weighted by molar-refractivity contribution is -0.128. The molecule has 2 unspecified atom stereocenters. The first-order valence-electron chi connectivity index (χ1n) is 5.29. The van der Waals surface area contributed by atoms with Crippen molar-refractivity contribution in [2.24, 2.45) is 23.3 Å². The SMILES string of the molecule is CC(C)C(CN)CN1CCC1C(N)=O. The van der Waals surface area contributed by atoms with E-state index in [-0.39, 0.29) is 11.9 Å². The Labute approximate surface area is 85.6 Å². The van der Waals surface area contributed by atoms with Crippen LogP contribution in [-0.4, -0.2) is 36.5 Å². The zero-order valence-corrected chi connectivity index (χ0v) is 9.07. The van der Waals surface area contributed by atoms with E-state index in [1.165, 1.54) is 0 Å². The van der Waals surface area contributed by atoms with Gasteiger partial charge in [-0.1, -0.05) is 13.8 Å². The highest BCUT2D eigenvalue weighted by Crippen LogP contribution is 2.21. The van der Waals surface area contributed by atoms with Crippen LogP contribution in [0, 0.1) is 11.8 Å². The third-order valence-corrected chi connectivity index (χ3v) is 3.17. The molecule has 0 saturated carbocycles. The lowest BCUT2D eigenvalue weighted by Gasteiger charge is -2.41. The largest absolute Gasteiger partial charge is 0.368 e. The Kier molecular flexibility index (Phi) is 3.89. The van der Waals surface area contributed by atoms with Gasteiger partial charge in [0, 0.05) is 13.1 Å². The van der Waals surface area contributed by atoms with Gasteiger partial charge in [-0.3, -0.25) is 9.69 Å². The molecule has 2 atom stereocenters. The van der Waals surface area contributed by atoms with E-state index in [0.29, 0.717) is 18.4 Å². The van der Waals surface area contributed by atoms with Crippen molar-refractivity contribution in [1.29, 1.82) is 0 Å². The second kappa shape index (κ2) is 4.75. The summed E-state index contributed by atoms with van der Waals surface area (Å²) in [6, 6.07) is -0.0391. The molecule has 0 spiro atoms. The van der Waals surface area contributed by atoms with Crippen molar-refractivity contribution >= 4 is 5.91 Å². The molecule has 4 nitrogen and oxygen atoms in total. The minimum absolute atomic E-state index is 0.0391. The number of carbonyl (C=O) groups is 1. The van der Waals surface area contributed by atoms with Crippen molar-refractivity contribution in [3.8, 4) is 0 Å². The average Bonchev–Trinajstić information content (AvgIpc) is 2.01. The first-order chi connectivity index (χ1) is 6.56. The van der Waals surface area contributed by atoms with Crippen LogP contribution in [0.2, 0.25) is 0 Å². The molecule has 0 aromatic heterocycles. The fourth-order valence-electron chi connectivity index (χ4n) is 1.84. The van der Waals surface area contributed by atoms with E-state index in [2.05, 4.69) is 18.7 Å². The number of nitrogens with two attached hydrogens (primary N) is 2. The first kappa shape index (κ1) is 11.5. The Hall–Kier alpha value is -0.610. The molecule has 1 aliphatic rings. The van der Waals surface area contributed by atoms with Crippen LogP contribution in [0.5, 0.6) is 0 Å². The van der Waals surface area contributed by atoms with Crippen LogP contribution in [0.4, 0.5) is 0 Å². The first-order valence-corrected chi connectivity index (χ1v) is 5.29. The Morgan fingerprint density at radius 3 is 2.50 bits per heavy atom. The van der Waals surface area contributed by atoms with Crippen LogP contribution < -0.4 is 11.5 Å². The van der Waals surface area contributed by atoms with Gasteiger partial charge in [0.05, 0.1) is 6.04 Å². The van der Waals surface area contributed by atoms with E-state index in [1.54, 1.807) is 0 Å². The second-order valence-electron chi connectivity index (χ2n) is 4.44. The second-order valence-corrected chi connectivity index (χ2v) is 4.44.